The van der Waals surface area contributed by atoms with Crippen molar-refractivity contribution in [2.45, 2.75) is 19.8 Å². The molecule has 4 heteroatoms. The normalized spacial score (nSPS) is 11.7. The number of nitrogens with two attached hydrogens (primary N) is 1. The van der Waals surface area contributed by atoms with E-state index in [1.165, 1.54) is 5.69 Å². The van der Waals surface area contributed by atoms with Crippen molar-refractivity contribution < 1.29 is 4.42 Å². The number of anilines is 1. The molecule has 17 heavy (non-hydrogen) atoms. The van der Waals surface area contributed by atoms with Crippen LogP contribution in [0.25, 0.3) is 16.2 Å². The van der Waals surface area contributed by atoms with E-state index < -0.39 is 0 Å². The summed E-state index contributed by atoms with van der Waals surface area (Å²) in [6.45, 7) is 4.35. The molecule has 3 heterocycles. The lowest BCUT2D eigenvalue weighted by atomic mass is 10.1. The third kappa shape index (κ3) is 1.48. The maximum Gasteiger partial charge on any atom is 0.137 e. The molecule has 0 fully saturated rings. The quantitative estimate of drug-likeness (QED) is 0.743. The smallest absolute Gasteiger partial charge is 0.137 e. The summed E-state index contributed by atoms with van der Waals surface area (Å²) in [5.41, 5.74) is 8.45. The van der Waals surface area contributed by atoms with Crippen LogP contribution in [0.4, 0.5) is 5.82 Å². The third-order valence-electron chi connectivity index (χ3n) is 2.94. The molecule has 0 aliphatic carbocycles. The third-order valence-corrected chi connectivity index (χ3v) is 3.84. The molecule has 0 atom stereocenters. The Hall–Kier alpha value is -1.68. The van der Waals surface area contributed by atoms with Crippen LogP contribution in [0.5, 0.6) is 0 Å². The maximum atomic E-state index is 6.22. The number of furan rings is 1. The van der Waals surface area contributed by atoms with Crippen LogP contribution in [0, 0.1) is 0 Å². The first-order chi connectivity index (χ1) is 8.18. The Morgan fingerprint density at radius 3 is 2.88 bits per heavy atom. The van der Waals surface area contributed by atoms with Crippen molar-refractivity contribution in [3.8, 4) is 11.3 Å². The molecule has 0 saturated carbocycles. The molecule has 0 saturated heterocycles. The van der Waals surface area contributed by atoms with Gasteiger partial charge in [-0.3, -0.25) is 4.40 Å². The van der Waals surface area contributed by atoms with Crippen LogP contribution in [0.3, 0.4) is 0 Å². The fourth-order valence-corrected chi connectivity index (χ4v) is 3.17. The van der Waals surface area contributed by atoms with E-state index in [1.807, 2.05) is 12.1 Å². The predicted molar refractivity (Wildman–Crippen MR) is 71.5 cm³/mol. The number of rotatable bonds is 2. The molecular weight excluding hydrogens is 232 g/mol. The van der Waals surface area contributed by atoms with Crippen LogP contribution in [0.2, 0.25) is 0 Å². The number of nitrogens with zero attached hydrogens (tertiary/aromatic N) is 1. The number of hydrogen-bond acceptors (Lipinski definition) is 3. The summed E-state index contributed by atoms with van der Waals surface area (Å²) >= 11 is 1.72. The topological polar surface area (TPSA) is 43.6 Å². The predicted octanol–water partition coefficient (Wildman–Crippen LogP) is 3.97. The summed E-state index contributed by atoms with van der Waals surface area (Å²) in [6.07, 6.45) is 1.67. The Labute approximate surface area is 103 Å². The average molecular weight is 246 g/mol. The molecule has 3 nitrogen and oxygen atoms in total. The van der Waals surface area contributed by atoms with Gasteiger partial charge in [-0.25, -0.2) is 0 Å². The van der Waals surface area contributed by atoms with Crippen molar-refractivity contribution >= 4 is 22.0 Å². The summed E-state index contributed by atoms with van der Waals surface area (Å²) in [4.78, 5) is 1.16. The van der Waals surface area contributed by atoms with E-state index in [1.54, 1.807) is 17.6 Å². The van der Waals surface area contributed by atoms with Crippen molar-refractivity contribution in [1.29, 1.82) is 0 Å². The lowest BCUT2D eigenvalue weighted by Gasteiger charge is -2.05. The average Bonchev–Trinajstić information content (AvgIpc) is 2.95. The number of thiazole rings is 1. The van der Waals surface area contributed by atoms with Crippen LogP contribution in [0.1, 0.15) is 25.5 Å². The van der Waals surface area contributed by atoms with Gasteiger partial charge in [0.05, 0.1) is 11.8 Å². The highest BCUT2D eigenvalue weighted by molar-refractivity contribution is 7.15. The molecule has 3 aromatic heterocycles. The van der Waals surface area contributed by atoms with Gasteiger partial charge in [-0.1, -0.05) is 13.8 Å². The maximum absolute atomic E-state index is 6.22. The SMILES string of the molecule is CC(C)c1csc2cc(-c3ccco3)c(N)n12. The highest BCUT2D eigenvalue weighted by Crippen LogP contribution is 2.35. The lowest BCUT2D eigenvalue weighted by Crippen LogP contribution is -1.99. The Morgan fingerprint density at radius 2 is 2.24 bits per heavy atom. The molecule has 88 valence electrons. The fourth-order valence-electron chi connectivity index (χ4n) is 2.05. The highest BCUT2D eigenvalue weighted by atomic mass is 32.1. The van der Waals surface area contributed by atoms with Gasteiger partial charge in [0, 0.05) is 11.1 Å². The molecule has 0 bridgehead atoms. The van der Waals surface area contributed by atoms with Crippen LogP contribution in [0.15, 0.2) is 34.3 Å². The van der Waals surface area contributed by atoms with E-state index in [0.29, 0.717) is 5.92 Å². The standard InChI is InChI=1S/C13H14N2OS/c1-8(2)10-7-17-12-6-9(13(14)15(10)12)11-4-3-5-16-11/h3-8H,14H2,1-2H3. The Morgan fingerprint density at radius 1 is 1.41 bits per heavy atom. The summed E-state index contributed by atoms with van der Waals surface area (Å²) in [5.74, 6) is 2.05. The molecule has 0 radical (unpaired) electrons. The van der Waals surface area contributed by atoms with Gasteiger partial charge in [0.2, 0.25) is 0 Å². The second-order valence-corrected chi connectivity index (χ2v) is 5.30. The van der Waals surface area contributed by atoms with E-state index in [0.717, 1.165) is 22.0 Å². The second kappa shape index (κ2) is 3.67. The van der Waals surface area contributed by atoms with Gasteiger partial charge in [-0.2, -0.15) is 0 Å². The first-order valence-corrected chi connectivity index (χ1v) is 6.48. The van der Waals surface area contributed by atoms with Gasteiger partial charge >= 0.3 is 0 Å². The molecule has 3 aromatic rings. The molecule has 0 aliphatic rings. The van der Waals surface area contributed by atoms with Crippen molar-refractivity contribution in [3.63, 3.8) is 0 Å². The molecule has 3 rings (SSSR count). The first kappa shape index (κ1) is 10.5. The zero-order valence-electron chi connectivity index (χ0n) is 9.81. The van der Waals surface area contributed by atoms with E-state index in [9.17, 15) is 0 Å². The minimum absolute atomic E-state index is 0.461. The van der Waals surface area contributed by atoms with Gasteiger partial charge < -0.3 is 10.2 Å². The van der Waals surface area contributed by atoms with Crippen LogP contribution < -0.4 is 5.73 Å². The van der Waals surface area contributed by atoms with Gasteiger partial charge in [0.1, 0.15) is 16.4 Å². The summed E-state index contributed by atoms with van der Waals surface area (Å²) in [7, 11) is 0. The van der Waals surface area contributed by atoms with Crippen molar-refractivity contribution in [2.24, 2.45) is 0 Å². The van der Waals surface area contributed by atoms with E-state index >= 15 is 0 Å². The first-order valence-electron chi connectivity index (χ1n) is 5.60. The molecule has 2 N–H and O–H groups in total. The zero-order chi connectivity index (χ0) is 12.0. The van der Waals surface area contributed by atoms with Crippen LogP contribution in [-0.2, 0) is 0 Å². The van der Waals surface area contributed by atoms with Crippen molar-refractivity contribution in [3.05, 3.63) is 35.5 Å². The Kier molecular flexibility index (Phi) is 2.26. The largest absolute Gasteiger partial charge is 0.464 e. The molecule has 0 aliphatic heterocycles. The Balaban J connectivity index is 2.27. The molecule has 0 spiro atoms. The van der Waals surface area contributed by atoms with Gasteiger partial charge in [-0.05, 0) is 24.1 Å². The summed E-state index contributed by atoms with van der Waals surface area (Å²) in [5, 5.41) is 2.17. The second-order valence-electron chi connectivity index (χ2n) is 4.41. The number of hydrogen-bond donors (Lipinski definition) is 1. The Bertz CT molecular complexity index is 646. The van der Waals surface area contributed by atoms with E-state index in [4.69, 9.17) is 10.2 Å². The minimum Gasteiger partial charge on any atom is -0.464 e. The van der Waals surface area contributed by atoms with Gasteiger partial charge in [-0.15, -0.1) is 11.3 Å². The van der Waals surface area contributed by atoms with E-state index in [-0.39, 0.29) is 0 Å². The molecular formula is C13H14N2OS. The monoisotopic (exact) mass is 246 g/mol. The number of nitrogen functional groups attached to an aromatic ring is 1. The van der Waals surface area contributed by atoms with E-state index in [2.05, 4.69) is 29.7 Å². The zero-order valence-corrected chi connectivity index (χ0v) is 10.6. The molecule has 0 unspecified atom stereocenters. The van der Waals surface area contributed by atoms with Crippen molar-refractivity contribution in [1.82, 2.24) is 4.40 Å². The van der Waals surface area contributed by atoms with Crippen LogP contribution in [-0.4, -0.2) is 4.40 Å². The van der Waals surface area contributed by atoms with Gasteiger partial charge in [0.25, 0.3) is 0 Å². The summed E-state index contributed by atoms with van der Waals surface area (Å²) in [6, 6.07) is 5.90. The molecule has 0 amide bonds. The number of fused-ring (bicyclic) bond motifs is 1. The fraction of sp³-hybridized carbons (Fsp3) is 0.231. The minimum atomic E-state index is 0.461. The number of aromatic nitrogens is 1. The van der Waals surface area contributed by atoms with Gasteiger partial charge in [0.15, 0.2) is 0 Å². The lowest BCUT2D eigenvalue weighted by molar-refractivity contribution is 0.582. The summed E-state index contributed by atoms with van der Waals surface area (Å²) < 4.78 is 7.53. The highest BCUT2D eigenvalue weighted by Gasteiger charge is 2.16. The van der Waals surface area contributed by atoms with Crippen molar-refractivity contribution in [2.75, 3.05) is 5.73 Å². The van der Waals surface area contributed by atoms with Crippen LogP contribution >= 0.6 is 11.3 Å². The molecule has 0 aromatic carbocycles.